The highest BCUT2D eigenvalue weighted by Gasteiger charge is 2.20. The smallest absolute Gasteiger partial charge is 0.328 e. The number of carbonyl (C=O) groups excluding carboxylic acids is 1. The van der Waals surface area contributed by atoms with E-state index >= 15 is 0 Å². The van der Waals surface area contributed by atoms with Crippen LogP contribution in [-0.2, 0) is 21.0 Å². The summed E-state index contributed by atoms with van der Waals surface area (Å²) < 4.78 is 0.953. The zero-order valence-electron chi connectivity index (χ0n) is 10.6. The van der Waals surface area contributed by atoms with Gasteiger partial charge in [0.2, 0.25) is 5.91 Å². The van der Waals surface area contributed by atoms with Crippen molar-refractivity contribution in [2.24, 2.45) is 5.90 Å². The first-order chi connectivity index (χ1) is 9.35. The lowest BCUT2D eigenvalue weighted by atomic mass is 10.3. The van der Waals surface area contributed by atoms with E-state index in [1.54, 1.807) is 0 Å². The van der Waals surface area contributed by atoms with Crippen LogP contribution in [-0.4, -0.2) is 39.2 Å². The fourth-order valence-electron chi connectivity index (χ4n) is 1.40. The lowest BCUT2D eigenvalue weighted by Gasteiger charge is -2.13. The molecule has 0 aliphatic carbocycles. The Labute approximate surface area is 112 Å². The van der Waals surface area contributed by atoms with E-state index in [-0.39, 0.29) is 5.56 Å². The summed E-state index contributed by atoms with van der Waals surface area (Å²) in [5, 5.41) is 10.9. The summed E-state index contributed by atoms with van der Waals surface area (Å²) in [5.41, 5.74) is -1.07. The SMILES string of the molecule is Cc1cn(CC(=O)N[C@@H](CON)C(=O)O)c(=O)[nH]c1=O. The molecule has 10 nitrogen and oxygen atoms in total. The van der Waals surface area contributed by atoms with Crippen molar-refractivity contribution < 1.29 is 19.5 Å². The van der Waals surface area contributed by atoms with Gasteiger partial charge in [0.05, 0.1) is 6.61 Å². The van der Waals surface area contributed by atoms with Crippen molar-refractivity contribution in [2.75, 3.05) is 6.61 Å². The standard InChI is InChI=1S/C10H14N4O6/c1-5-2-14(10(19)13-8(5)16)3-7(15)12-6(4-20-11)9(17)18/h2,6H,3-4,11H2,1H3,(H,12,15)(H,17,18)(H,13,16,19)/t6-/m0/s1. The second-order valence-corrected chi connectivity index (χ2v) is 3.99. The Morgan fingerprint density at radius 3 is 2.75 bits per heavy atom. The van der Waals surface area contributed by atoms with Crippen LogP contribution in [0.15, 0.2) is 15.8 Å². The first kappa shape index (κ1) is 15.6. The van der Waals surface area contributed by atoms with Crippen LogP contribution < -0.4 is 22.5 Å². The Morgan fingerprint density at radius 1 is 1.55 bits per heavy atom. The van der Waals surface area contributed by atoms with Crippen molar-refractivity contribution in [3.63, 3.8) is 0 Å². The number of carboxylic acid groups (broad SMARTS) is 1. The summed E-state index contributed by atoms with van der Waals surface area (Å²) in [5.74, 6) is 2.69. The zero-order valence-corrected chi connectivity index (χ0v) is 10.6. The van der Waals surface area contributed by atoms with Gasteiger partial charge in [-0.1, -0.05) is 0 Å². The van der Waals surface area contributed by atoms with E-state index in [0.29, 0.717) is 0 Å². The highest BCUT2D eigenvalue weighted by atomic mass is 16.6. The largest absolute Gasteiger partial charge is 0.480 e. The monoisotopic (exact) mass is 286 g/mol. The number of nitrogens with zero attached hydrogens (tertiary/aromatic N) is 1. The van der Waals surface area contributed by atoms with Crippen LogP contribution in [0.3, 0.4) is 0 Å². The Morgan fingerprint density at radius 2 is 2.20 bits per heavy atom. The highest BCUT2D eigenvalue weighted by Crippen LogP contribution is 1.88. The van der Waals surface area contributed by atoms with Crippen LogP contribution in [0.25, 0.3) is 0 Å². The van der Waals surface area contributed by atoms with Gasteiger partial charge in [-0.3, -0.25) is 19.1 Å². The quantitative estimate of drug-likeness (QED) is 0.414. The molecule has 0 unspecified atom stereocenters. The first-order valence-electron chi connectivity index (χ1n) is 5.49. The Kier molecular flexibility index (Phi) is 5.17. The number of aryl methyl sites for hydroxylation is 1. The molecule has 1 rings (SSSR count). The molecule has 5 N–H and O–H groups in total. The number of carbonyl (C=O) groups is 2. The fourth-order valence-corrected chi connectivity index (χ4v) is 1.40. The molecule has 0 saturated carbocycles. The van der Waals surface area contributed by atoms with Crippen LogP contribution in [0.4, 0.5) is 0 Å². The third kappa shape index (κ3) is 4.03. The Hall–Kier alpha value is -2.46. The number of nitrogens with one attached hydrogen (secondary N) is 2. The first-order valence-corrected chi connectivity index (χ1v) is 5.49. The van der Waals surface area contributed by atoms with Crippen molar-refractivity contribution >= 4 is 11.9 Å². The summed E-state index contributed by atoms with van der Waals surface area (Å²) >= 11 is 0. The molecule has 10 heteroatoms. The topological polar surface area (TPSA) is 157 Å². The maximum atomic E-state index is 11.6. The second kappa shape index (κ2) is 6.63. The van der Waals surface area contributed by atoms with Crippen LogP contribution in [0.5, 0.6) is 0 Å². The molecule has 1 aromatic rings. The minimum atomic E-state index is -1.33. The van der Waals surface area contributed by atoms with E-state index in [9.17, 15) is 19.2 Å². The second-order valence-electron chi connectivity index (χ2n) is 3.99. The van der Waals surface area contributed by atoms with E-state index in [1.807, 2.05) is 4.98 Å². The van der Waals surface area contributed by atoms with Crippen molar-refractivity contribution in [2.45, 2.75) is 19.5 Å². The molecule has 110 valence electrons. The molecule has 1 atom stereocenters. The third-order valence-electron chi connectivity index (χ3n) is 2.40. The Balaban J connectivity index is 2.81. The molecule has 1 heterocycles. The summed E-state index contributed by atoms with van der Waals surface area (Å²) in [6.07, 6.45) is 1.20. The predicted molar refractivity (Wildman–Crippen MR) is 65.8 cm³/mol. The maximum Gasteiger partial charge on any atom is 0.328 e. The van der Waals surface area contributed by atoms with Crippen molar-refractivity contribution in [1.29, 1.82) is 0 Å². The number of H-pyrrole nitrogens is 1. The molecule has 1 amide bonds. The lowest BCUT2D eigenvalue weighted by molar-refractivity contribution is -0.143. The molecule has 0 fully saturated rings. The number of nitrogens with two attached hydrogens (primary N) is 1. The number of amides is 1. The number of carboxylic acids is 1. The van der Waals surface area contributed by atoms with Gasteiger partial charge in [-0.2, -0.15) is 0 Å². The normalized spacial score (nSPS) is 11.9. The van der Waals surface area contributed by atoms with Gasteiger partial charge in [-0.15, -0.1) is 0 Å². The number of aromatic nitrogens is 2. The summed E-state index contributed by atoms with van der Waals surface area (Å²) in [7, 11) is 0. The minimum Gasteiger partial charge on any atom is -0.480 e. The molecule has 0 bridgehead atoms. The predicted octanol–water partition coefficient (Wildman–Crippen LogP) is -2.70. The van der Waals surface area contributed by atoms with Crippen LogP contribution in [0.2, 0.25) is 0 Å². The van der Waals surface area contributed by atoms with Gasteiger partial charge in [-0.25, -0.2) is 15.5 Å². The highest BCUT2D eigenvalue weighted by molar-refractivity contribution is 5.83. The van der Waals surface area contributed by atoms with E-state index in [0.717, 1.165) is 4.57 Å². The maximum absolute atomic E-state index is 11.6. The van der Waals surface area contributed by atoms with Crippen molar-refractivity contribution in [1.82, 2.24) is 14.9 Å². The molecule has 1 aromatic heterocycles. The summed E-state index contributed by atoms with van der Waals surface area (Å²) in [6, 6.07) is -1.33. The molecular formula is C10H14N4O6. The van der Waals surface area contributed by atoms with Crippen molar-refractivity contribution in [3.05, 3.63) is 32.6 Å². The van der Waals surface area contributed by atoms with Gasteiger partial charge in [0.15, 0.2) is 6.04 Å². The van der Waals surface area contributed by atoms with E-state index in [2.05, 4.69) is 10.2 Å². The average Bonchev–Trinajstić information content (AvgIpc) is 2.35. The average molecular weight is 286 g/mol. The van der Waals surface area contributed by atoms with Gasteiger partial charge in [0.1, 0.15) is 6.54 Å². The lowest BCUT2D eigenvalue weighted by Crippen LogP contribution is -2.46. The summed E-state index contributed by atoms with van der Waals surface area (Å²) in [4.78, 5) is 51.2. The molecule has 0 spiro atoms. The third-order valence-corrected chi connectivity index (χ3v) is 2.40. The molecule has 0 aliphatic rings. The number of hydrogen-bond donors (Lipinski definition) is 4. The van der Waals surface area contributed by atoms with Crippen LogP contribution in [0, 0.1) is 6.92 Å². The molecule has 0 saturated heterocycles. The molecule has 0 radical (unpaired) electrons. The van der Waals surface area contributed by atoms with Crippen LogP contribution >= 0.6 is 0 Å². The number of aliphatic carboxylic acids is 1. The fraction of sp³-hybridized carbons (Fsp3) is 0.400. The molecule has 0 aromatic carbocycles. The van der Waals surface area contributed by atoms with E-state index in [1.165, 1.54) is 13.1 Å². The van der Waals surface area contributed by atoms with Gasteiger partial charge in [0.25, 0.3) is 5.56 Å². The van der Waals surface area contributed by atoms with E-state index in [4.69, 9.17) is 11.0 Å². The van der Waals surface area contributed by atoms with Gasteiger partial charge < -0.3 is 15.3 Å². The minimum absolute atomic E-state index is 0.248. The number of aromatic amines is 1. The van der Waals surface area contributed by atoms with Gasteiger partial charge >= 0.3 is 11.7 Å². The molecule has 20 heavy (non-hydrogen) atoms. The number of hydrogen-bond acceptors (Lipinski definition) is 6. The molecular weight excluding hydrogens is 272 g/mol. The summed E-state index contributed by atoms with van der Waals surface area (Å²) in [6.45, 7) is 0.612. The van der Waals surface area contributed by atoms with Crippen molar-refractivity contribution in [3.8, 4) is 0 Å². The number of rotatable bonds is 6. The molecule has 0 aliphatic heterocycles. The van der Waals surface area contributed by atoms with Crippen LogP contribution in [0.1, 0.15) is 5.56 Å². The Bertz CT molecular complexity index is 619. The zero-order chi connectivity index (χ0) is 15.3. The van der Waals surface area contributed by atoms with Gasteiger partial charge in [0, 0.05) is 11.8 Å². The van der Waals surface area contributed by atoms with Gasteiger partial charge in [-0.05, 0) is 6.92 Å². The van der Waals surface area contributed by atoms with E-state index < -0.39 is 42.3 Å².